The highest BCUT2D eigenvalue weighted by Gasteiger charge is 2.24. The van der Waals surface area contributed by atoms with Crippen molar-refractivity contribution in [3.05, 3.63) is 64.2 Å². The highest BCUT2D eigenvalue weighted by atomic mass is 32.1. The number of likely N-dealkylation sites (tertiary alicyclic amines) is 1. The van der Waals surface area contributed by atoms with E-state index in [4.69, 9.17) is 0 Å². The fourth-order valence-corrected chi connectivity index (χ4v) is 4.57. The fraction of sp³-hybridized carbons (Fsp3) is 0.350. The minimum atomic E-state index is -0.213. The zero-order chi connectivity index (χ0) is 17.1. The zero-order valence-corrected chi connectivity index (χ0v) is 14.9. The normalized spacial score (nSPS) is 19.0. The van der Waals surface area contributed by atoms with Crippen molar-refractivity contribution >= 4 is 11.3 Å². The molecule has 2 aromatic heterocycles. The van der Waals surface area contributed by atoms with Gasteiger partial charge in [0.2, 0.25) is 0 Å². The van der Waals surface area contributed by atoms with Crippen LogP contribution in [0.25, 0.3) is 11.3 Å². The standard InChI is InChI=1S/C20H22FN3S/c21-17-9-7-15(8-10-17)20-16(13-22-23-20)14-24-11-3-1-2-5-18(24)19-6-4-12-25-19/h4,6-10,12-13,18H,1-3,5,11,14H2,(H,22,23). The number of hydrogen-bond donors (Lipinski definition) is 1. The average Bonchev–Trinajstić information content (AvgIpc) is 3.25. The molecular weight excluding hydrogens is 333 g/mol. The van der Waals surface area contributed by atoms with Crippen molar-refractivity contribution in [1.29, 1.82) is 0 Å². The number of aromatic nitrogens is 2. The summed E-state index contributed by atoms with van der Waals surface area (Å²) in [5.74, 6) is -0.213. The Hall–Kier alpha value is -1.98. The maximum Gasteiger partial charge on any atom is 0.123 e. The summed E-state index contributed by atoms with van der Waals surface area (Å²) in [5.41, 5.74) is 3.15. The molecule has 0 bridgehead atoms. The summed E-state index contributed by atoms with van der Waals surface area (Å²) in [5, 5.41) is 9.52. The van der Waals surface area contributed by atoms with E-state index in [-0.39, 0.29) is 5.82 Å². The number of nitrogens with zero attached hydrogens (tertiary/aromatic N) is 2. The van der Waals surface area contributed by atoms with Crippen LogP contribution in [0.15, 0.2) is 48.0 Å². The molecule has 1 aliphatic heterocycles. The third kappa shape index (κ3) is 3.67. The van der Waals surface area contributed by atoms with Gasteiger partial charge in [-0.1, -0.05) is 18.9 Å². The lowest BCUT2D eigenvalue weighted by Gasteiger charge is -2.29. The number of halogens is 1. The minimum Gasteiger partial charge on any atom is -0.291 e. The van der Waals surface area contributed by atoms with Gasteiger partial charge in [0.15, 0.2) is 0 Å². The van der Waals surface area contributed by atoms with Crippen LogP contribution >= 0.6 is 11.3 Å². The first-order chi connectivity index (χ1) is 12.3. The first-order valence-electron chi connectivity index (χ1n) is 8.87. The molecule has 1 N–H and O–H groups in total. The van der Waals surface area contributed by atoms with Crippen molar-refractivity contribution in [2.24, 2.45) is 0 Å². The van der Waals surface area contributed by atoms with Crippen molar-refractivity contribution in [2.75, 3.05) is 6.54 Å². The molecule has 3 aromatic rings. The van der Waals surface area contributed by atoms with Gasteiger partial charge in [-0.15, -0.1) is 11.3 Å². The van der Waals surface area contributed by atoms with E-state index in [1.165, 1.54) is 48.3 Å². The molecule has 0 aliphatic carbocycles. The van der Waals surface area contributed by atoms with Crippen LogP contribution in [0.4, 0.5) is 4.39 Å². The fourth-order valence-electron chi connectivity index (χ4n) is 3.68. The SMILES string of the molecule is Fc1ccc(-c2[nH]ncc2CN2CCCCCC2c2cccs2)cc1. The molecule has 3 nitrogen and oxygen atoms in total. The lowest BCUT2D eigenvalue weighted by molar-refractivity contribution is 0.195. The van der Waals surface area contributed by atoms with E-state index in [2.05, 4.69) is 32.6 Å². The molecule has 4 rings (SSSR count). The Morgan fingerprint density at radius 2 is 2.04 bits per heavy atom. The van der Waals surface area contributed by atoms with Gasteiger partial charge in [-0.05, 0) is 55.1 Å². The summed E-state index contributed by atoms with van der Waals surface area (Å²) in [6.45, 7) is 1.97. The summed E-state index contributed by atoms with van der Waals surface area (Å²) in [4.78, 5) is 4.03. The summed E-state index contributed by atoms with van der Waals surface area (Å²) in [7, 11) is 0. The van der Waals surface area contributed by atoms with E-state index >= 15 is 0 Å². The number of rotatable bonds is 4. The van der Waals surface area contributed by atoms with Crippen molar-refractivity contribution in [2.45, 2.75) is 38.3 Å². The van der Waals surface area contributed by atoms with Crippen LogP contribution < -0.4 is 0 Å². The second-order valence-corrected chi connectivity index (χ2v) is 7.61. The third-order valence-corrected chi connectivity index (χ3v) is 5.93. The van der Waals surface area contributed by atoms with Crippen molar-refractivity contribution in [3.8, 4) is 11.3 Å². The number of H-pyrrole nitrogens is 1. The van der Waals surface area contributed by atoms with Crippen molar-refractivity contribution in [1.82, 2.24) is 15.1 Å². The molecule has 5 heteroatoms. The average molecular weight is 355 g/mol. The number of benzene rings is 1. The van der Waals surface area contributed by atoms with E-state index in [0.29, 0.717) is 6.04 Å². The number of hydrogen-bond acceptors (Lipinski definition) is 3. The molecule has 1 atom stereocenters. The predicted molar refractivity (Wildman–Crippen MR) is 99.9 cm³/mol. The molecule has 130 valence electrons. The number of aromatic amines is 1. The molecule has 1 aromatic carbocycles. The number of nitrogens with one attached hydrogen (secondary N) is 1. The van der Waals surface area contributed by atoms with E-state index < -0.39 is 0 Å². The van der Waals surface area contributed by atoms with E-state index in [9.17, 15) is 4.39 Å². The minimum absolute atomic E-state index is 0.213. The van der Waals surface area contributed by atoms with Gasteiger partial charge in [-0.2, -0.15) is 5.10 Å². The van der Waals surface area contributed by atoms with Gasteiger partial charge >= 0.3 is 0 Å². The molecule has 1 aliphatic rings. The van der Waals surface area contributed by atoms with Gasteiger partial charge in [-0.3, -0.25) is 10.00 Å². The first-order valence-corrected chi connectivity index (χ1v) is 9.75. The third-order valence-electron chi connectivity index (χ3n) is 4.96. The van der Waals surface area contributed by atoms with Crippen LogP contribution in [-0.4, -0.2) is 21.6 Å². The van der Waals surface area contributed by atoms with Crippen LogP contribution in [0.3, 0.4) is 0 Å². The molecule has 0 spiro atoms. The molecule has 25 heavy (non-hydrogen) atoms. The molecule has 3 heterocycles. The highest BCUT2D eigenvalue weighted by molar-refractivity contribution is 7.10. The van der Waals surface area contributed by atoms with Crippen LogP contribution in [0, 0.1) is 5.82 Å². The van der Waals surface area contributed by atoms with E-state index in [1.807, 2.05) is 29.7 Å². The lowest BCUT2D eigenvalue weighted by Crippen LogP contribution is -2.27. The summed E-state index contributed by atoms with van der Waals surface area (Å²) in [6, 6.07) is 11.5. The second-order valence-electron chi connectivity index (χ2n) is 6.63. The topological polar surface area (TPSA) is 31.9 Å². The lowest BCUT2D eigenvalue weighted by atomic mass is 10.1. The Kier molecular flexibility index (Phi) is 4.95. The van der Waals surface area contributed by atoms with Gasteiger partial charge in [-0.25, -0.2) is 4.39 Å². The summed E-state index contributed by atoms with van der Waals surface area (Å²) < 4.78 is 13.2. The largest absolute Gasteiger partial charge is 0.291 e. The van der Waals surface area contributed by atoms with Gasteiger partial charge in [0.1, 0.15) is 5.82 Å². The Balaban J connectivity index is 1.60. The van der Waals surface area contributed by atoms with Crippen molar-refractivity contribution in [3.63, 3.8) is 0 Å². The van der Waals surface area contributed by atoms with E-state index in [1.54, 1.807) is 0 Å². The Morgan fingerprint density at radius 3 is 2.84 bits per heavy atom. The maximum atomic E-state index is 13.2. The maximum absolute atomic E-state index is 13.2. The second kappa shape index (κ2) is 7.50. The number of thiophene rings is 1. The summed E-state index contributed by atoms with van der Waals surface area (Å²) >= 11 is 1.85. The zero-order valence-electron chi connectivity index (χ0n) is 14.1. The Morgan fingerprint density at radius 1 is 1.16 bits per heavy atom. The predicted octanol–water partition coefficient (Wildman–Crippen LogP) is 5.39. The van der Waals surface area contributed by atoms with Crippen LogP contribution in [0.1, 0.15) is 42.2 Å². The van der Waals surface area contributed by atoms with Crippen LogP contribution in [-0.2, 0) is 6.54 Å². The Labute approximate surface area is 151 Å². The van der Waals surface area contributed by atoms with Crippen LogP contribution in [0.5, 0.6) is 0 Å². The van der Waals surface area contributed by atoms with Gasteiger partial charge in [0.05, 0.1) is 11.9 Å². The molecule has 0 saturated carbocycles. The molecule has 0 radical (unpaired) electrons. The molecule has 1 fully saturated rings. The monoisotopic (exact) mass is 355 g/mol. The quantitative estimate of drug-likeness (QED) is 0.680. The molecule has 1 unspecified atom stereocenters. The van der Waals surface area contributed by atoms with Crippen LogP contribution in [0.2, 0.25) is 0 Å². The molecular formula is C20H22FN3S. The van der Waals surface area contributed by atoms with Gasteiger partial charge in [0, 0.05) is 28.6 Å². The van der Waals surface area contributed by atoms with E-state index in [0.717, 1.165) is 24.3 Å². The smallest absolute Gasteiger partial charge is 0.123 e. The van der Waals surface area contributed by atoms with Gasteiger partial charge < -0.3 is 0 Å². The molecule has 0 amide bonds. The van der Waals surface area contributed by atoms with Gasteiger partial charge in [0.25, 0.3) is 0 Å². The summed E-state index contributed by atoms with van der Waals surface area (Å²) in [6.07, 6.45) is 6.95. The Bertz CT molecular complexity index is 795. The first kappa shape index (κ1) is 16.5. The molecule has 1 saturated heterocycles. The highest BCUT2D eigenvalue weighted by Crippen LogP contribution is 2.35. The van der Waals surface area contributed by atoms with Crippen molar-refractivity contribution < 1.29 is 4.39 Å².